The van der Waals surface area contributed by atoms with Gasteiger partial charge < -0.3 is 0 Å². The molecule has 8 heavy (non-hydrogen) atoms. The molecular weight excluding hydrogens is 126 g/mol. The summed E-state index contributed by atoms with van der Waals surface area (Å²) in [6, 6.07) is 0. The number of nitrogens with zero attached hydrogens (tertiary/aromatic N) is 1. The molecule has 0 unspecified atom stereocenters. The number of thiol groups is 1. The minimum absolute atomic E-state index is 0.388. The molecule has 0 aliphatic rings. The first kappa shape index (κ1) is 7.65. The molecule has 4 heteroatoms. The van der Waals surface area contributed by atoms with E-state index in [1.165, 1.54) is 17.4 Å². The second-order valence-electron chi connectivity index (χ2n) is 1.37. The molecule has 0 aliphatic carbocycles. The molecule has 0 saturated heterocycles. The average molecular weight is 135 g/mol. The molecule has 48 valence electrons. The van der Waals surface area contributed by atoms with Crippen LogP contribution in [-0.4, -0.2) is 26.3 Å². The zero-order valence-electron chi connectivity index (χ0n) is 4.70. The molecule has 0 aromatic carbocycles. The second kappa shape index (κ2) is 3.63. The van der Waals surface area contributed by atoms with Crippen molar-refractivity contribution in [2.45, 2.75) is 0 Å². The summed E-state index contributed by atoms with van der Waals surface area (Å²) in [6.07, 6.45) is 1.53. The van der Waals surface area contributed by atoms with Crippen LogP contribution in [0.4, 0.5) is 0 Å². The Bertz CT molecular complexity index is 133. The van der Waals surface area contributed by atoms with E-state index in [2.05, 4.69) is 6.58 Å². The molecule has 0 heterocycles. The van der Waals surface area contributed by atoms with Crippen LogP contribution in [0, 0.1) is 0 Å². The van der Waals surface area contributed by atoms with Crippen LogP contribution in [0.25, 0.3) is 0 Å². The van der Waals surface area contributed by atoms with E-state index in [1.54, 1.807) is 0 Å². The molecule has 0 N–H and O–H groups in total. The quantitative estimate of drug-likeness (QED) is 0.423. The number of rotatable bonds is 3. The fourth-order valence-corrected chi connectivity index (χ4v) is 0.502. The van der Waals surface area contributed by atoms with Gasteiger partial charge in [-0.3, -0.25) is 0 Å². The van der Waals surface area contributed by atoms with Crippen molar-refractivity contribution in [1.29, 1.82) is 0 Å². The lowest BCUT2D eigenvalue weighted by Crippen LogP contribution is -2.14. The van der Waals surface area contributed by atoms with Crippen molar-refractivity contribution in [1.82, 2.24) is 4.31 Å². The molecule has 0 bridgehead atoms. The highest BCUT2D eigenvalue weighted by atomic mass is 32.2. The highest BCUT2D eigenvalue weighted by molar-refractivity contribution is 7.69. The van der Waals surface area contributed by atoms with Crippen molar-refractivity contribution >= 4 is 10.9 Å². The predicted molar refractivity (Wildman–Crippen MR) is 33.1 cm³/mol. The number of hydrogen-bond donors (Lipinski definition) is 1. The smallest absolute Gasteiger partial charge is 0.203 e. The Morgan fingerprint density at radius 1 is 1.75 bits per heavy atom. The third-order valence-electron chi connectivity index (χ3n) is 0.672. The third-order valence-corrected chi connectivity index (χ3v) is 1.39. The van der Waals surface area contributed by atoms with Crippen molar-refractivity contribution in [2.75, 3.05) is 13.6 Å². The number of hydrogen-bond acceptors (Lipinski definition) is 2. The fraction of sp³-hybridized carbons (Fsp3) is 0.500. The molecule has 0 saturated carbocycles. The van der Waals surface area contributed by atoms with Crippen molar-refractivity contribution in [3.63, 3.8) is 0 Å². The first-order valence-corrected chi connectivity index (χ1v) is 3.28. The molecule has 0 aromatic heterocycles. The molecule has 0 radical (unpaired) electrons. The second-order valence-corrected chi connectivity index (χ2v) is 2.53. The van der Waals surface area contributed by atoms with Crippen LogP contribution in [0.15, 0.2) is 12.7 Å². The summed E-state index contributed by atoms with van der Waals surface area (Å²) in [5.41, 5.74) is 0. The first-order valence-electron chi connectivity index (χ1n) is 2.15. The van der Waals surface area contributed by atoms with Crippen LogP contribution in [0.3, 0.4) is 0 Å². The van der Waals surface area contributed by atoms with E-state index in [1.807, 2.05) is 0 Å². The van der Waals surface area contributed by atoms with Gasteiger partial charge in [0, 0.05) is 13.6 Å². The Labute approximate surface area is 50.7 Å². The SMILES string of the molecule is C=CCN(C)[SH](=O)=O. The molecular formula is C4H9NO2S. The minimum Gasteiger partial charge on any atom is -0.215 e. The summed E-state index contributed by atoms with van der Waals surface area (Å²) >= 11 is 0. The molecule has 0 rings (SSSR count). The van der Waals surface area contributed by atoms with Gasteiger partial charge in [0.25, 0.3) is 0 Å². The van der Waals surface area contributed by atoms with Crippen molar-refractivity contribution in [2.24, 2.45) is 0 Å². The van der Waals surface area contributed by atoms with E-state index >= 15 is 0 Å². The van der Waals surface area contributed by atoms with E-state index in [0.717, 1.165) is 0 Å². The van der Waals surface area contributed by atoms with Gasteiger partial charge in [-0.1, -0.05) is 6.08 Å². The summed E-state index contributed by atoms with van der Waals surface area (Å²) in [5.74, 6) is 0. The first-order chi connectivity index (χ1) is 3.68. The van der Waals surface area contributed by atoms with Gasteiger partial charge in [-0.15, -0.1) is 6.58 Å². The van der Waals surface area contributed by atoms with Crippen LogP contribution in [0.2, 0.25) is 0 Å². The highest BCUT2D eigenvalue weighted by Crippen LogP contribution is 1.78. The predicted octanol–water partition coefficient (Wildman–Crippen LogP) is -0.369. The van der Waals surface area contributed by atoms with Crippen LogP contribution in [-0.2, 0) is 10.9 Å². The van der Waals surface area contributed by atoms with Crippen molar-refractivity contribution < 1.29 is 8.42 Å². The van der Waals surface area contributed by atoms with Crippen LogP contribution in [0.5, 0.6) is 0 Å². The molecule has 0 aliphatic heterocycles. The fourth-order valence-electron chi connectivity index (χ4n) is 0.254. The van der Waals surface area contributed by atoms with Crippen molar-refractivity contribution in [3.8, 4) is 0 Å². The monoisotopic (exact) mass is 135 g/mol. The molecule has 0 aromatic rings. The maximum Gasteiger partial charge on any atom is 0.203 e. The van der Waals surface area contributed by atoms with Gasteiger partial charge in [-0.25, -0.2) is 12.7 Å². The number of likely N-dealkylation sites (N-methyl/N-ethyl adjacent to an activating group) is 1. The average Bonchev–Trinajstić information content (AvgIpc) is 1.67. The summed E-state index contributed by atoms with van der Waals surface area (Å²) in [5, 5.41) is 0. The zero-order chi connectivity index (χ0) is 6.57. The maximum absolute atomic E-state index is 10.0. The van der Waals surface area contributed by atoms with E-state index in [-0.39, 0.29) is 0 Å². The molecule has 0 spiro atoms. The van der Waals surface area contributed by atoms with E-state index in [9.17, 15) is 8.42 Å². The topological polar surface area (TPSA) is 37.4 Å². The van der Waals surface area contributed by atoms with Crippen LogP contribution < -0.4 is 0 Å². The third kappa shape index (κ3) is 2.76. The summed E-state index contributed by atoms with van der Waals surface area (Å²) < 4.78 is 21.2. The minimum atomic E-state index is -2.41. The van der Waals surface area contributed by atoms with Crippen molar-refractivity contribution in [3.05, 3.63) is 12.7 Å². The Hall–Kier alpha value is -0.350. The van der Waals surface area contributed by atoms with E-state index < -0.39 is 10.9 Å². The lowest BCUT2D eigenvalue weighted by Gasteiger charge is -2.00. The summed E-state index contributed by atoms with van der Waals surface area (Å²) in [6.45, 7) is 3.76. The largest absolute Gasteiger partial charge is 0.215 e. The Morgan fingerprint density at radius 2 is 2.25 bits per heavy atom. The van der Waals surface area contributed by atoms with Gasteiger partial charge in [0.2, 0.25) is 10.9 Å². The van der Waals surface area contributed by atoms with Crippen LogP contribution in [0.1, 0.15) is 0 Å². The molecule has 0 amide bonds. The molecule has 0 atom stereocenters. The van der Waals surface area contributed by atoms with Gasteiger partial charge >= 0.3 is 0 Å². The van der Waals surface area contributed by atoms with Crippen LogP contribution >= 0.6 is 0 Å². The zero-order valence-corrected chi connectivity index (χ0v) is 5.60. The Kier molecular flexibility index (Phi) is 3.47. The molecule has 3 nitrogen and oxygen atoms in total. The van der Waals surface area contributed by atoms with Gasteiger partial charge in [-0.05, 0) is 0 Å². The Morgan fingerprint density at radius 3 is 2.38 bits per heavy atom. The summed E-state index contributed by atoms with van der Waals surface area (Å²) in [7, 11) is -0.912. The normalized spacial score (nSPS) is 10.4. The van der Waals surface area contributed by atoms with Gasteiger partial charge in [0.15, 0.2) is 0 Å². The standard InChI is InChI=1S/C4H9NO2S/c1-3-4-5(2)8(6)7/h3,8H,1,4H2,2H3. The highest BCUT2D eigenvalue weighted by Gasteiger charge is 1.91. The summed E-state index contributed by atoms with van der Waals surface area (Å²) in [4.78, 5) is 0. The van der Waals surface area contributed by atoms with Gasteiger partial charge in [0.1, 0.15) is 0 Å². The van der Waals surface area contributed by atoms with Gasteiger partial charge in [-0.2, -0.15) is 0 Å². The van der Waals surface area contributed by atoms with E-state index in [0.29, 0.717) is 6.54 Å². The maximum atomic E-state index is 10.0. The van der Waals surface area contributed by atoms with Gasteiger partial charge in [0.05, 0.1) is 0 Å². The van der Waals surface area contributed by atoms with E-state index in [4.69, 9.17) is 0 Å². The Balaban J connectivity index is 3.64. The lowest BCUT2D eigenvalue weighted by molar-refractivity contribution is 0.521. The lowest BCUT2D eigenvalue weighted by atomic mass is 10.6. The molecule has 0 fully saturated rings.